The Labute approximate surface area is 143 Å². The summed E-state index contributed by atoms with van der Waals surface area (Å²) in [6.07, 6.45) is 3.91. The number of carbonyl (C=O) groups is 1. The molecular weight excluding hydrogens is 309 g/mol. The van der Waals surface area contributed by atoms with Crippen LogP contribution in [0.25, 0.3) is 0 Å². The molecule has 2 rings (SSSR count). The lowest BCUT2D eigenvalue weighted by Crippen LogP contribution is -2.47. The smallest absolute Gasteiger partial charge is 0.315 e. The van der Waals surface area contributed by atoms with Crippen LogP contribution in [0.15, 0.2) is 18.2 Å². The molecule has 134 valence electrons. The van der Waals surface area contributed by atoms with Crippen LogP contribution in [0.5, 0.6) is 5.75 Å². The van der Waals surface area contributed by atoms with Gasteiger partial charge in [-0.25, -0.2) is 9.18 Å². The van der Waals surface area contributed by atoms with E-state index in [2.05, 4.69) is 22.5 Å². The Morgan fingerprint density at radius 2 is 2.12 bits per heavy atom. The molecule has 1 aliphatic heterocycles. The standard InChI is InChI=1S/C18H28FN3O2/c1-3-4-9-20-18(23)21-15-7-10-22(11-8-15)13-14-5-6-17(24-2)16(19)12-14/h5-6,12,15H,3-4,7-11,13H2,1-2H3,(H2,20,21,23). The Morgan fingerprint density at radius 3 is 2.75 bits per heavy atom. The van der Waals surface area contributed by atoms with Gasteiger partial charge in [-0.3, -0.25) is 4.90 Å². The van der Waals surface area contributed by atoms with E-state index in [1.165, 1.54) is 13.2 Å². The van der Waals surface area contributed by atoms with Gasteiger partial charge < -0.3 is 15.4 Å². The number of nitrogens with zero attached hydrogens (tertiary/aromatic N) is 1. The van der Waals surface area contributed by atoms with Crippen molar-refractivity contribution in [3.05, 3.63) is 29.6 Å². The van der Waals surface area contributed by atoms with Gasteiger partial charge in [-0.1, -0.05) is 19.4 Å². The minimum atomic E-state index is -0.324. The lowest BCUT2D eigenvalue weighted by molar-refractivity contribution is 0.186. The summed E-state index contributed by atoms with van der Waals surface area (Å²) in [6, 6.07) is 5.24. The second kappa shape index (κ2) is 9.47. The molecule has 1 saturated heterocycles. The molecule has 0 aliphatic carbocycles. The maximum Gasteiger partial charge on any atom is 0.315 e. The van der Waals surface area contributed by atoms with Crippen molar-refractivity contribution in [3.8, 4) is 5.75 Å². The highest BCUT2D eigenvalue weighted by Gasteiger charge is 2.20. The maximum atomic E-state index is 13.7. The highest BCUT2D eigenvalue weighted by atomic mass is 19.1. The van der Waals surface area contributed by atoms with Crippen molar-refractivity contribution in [1.82, 2.24) is 15.5 Å². The van der Waals surface area contributed by atoms with Gasteiger partial charge >= 0.3 is 6.03 Å². The fraction of sp³-hybridized carbons (Fsp3) is 0.611. The van der Waals surface area contributed by atoms with Gasteiger partial charge in [-0.2, -0.15) is 0 Å². The molecule has 2 amide bonds. The third-order valence-electron chi connectivity index (χ3n) is 4.36. The van der Waals surface area contributed by atoms with Gasteiger partial charge in [0.2, 0.25) is 0 Å². The highest BCUT2D eigenvalue weighted by molar-refractivity contribution is 5.74. The van der Waals surface area contributed by atoms with Crippen LogP contribution < -0.4 is 15.4 Å². The van der Waals surface area contributed by atoms with E-state index in [1.54, 1.807) is 6.07 Å². The topological polar surface area (TPSA) is 53.6 Å². The summed E-state index contributed by atoms with van der Waals surface area (Å²) in [5.41, 5.74) is 0.942. The SMILES string of the molecule is CCCCNC(=O)NC1CCN(Cc2ccc(OC)c(F)c2)CC1. The van der Waals surface area contributed by atoms with Crippen molar-refractivity contribution in [2.45, 2.75) is 45.2 Å². The summed E-state index contributed by atoms with van der Waals surface area (Å²) < 4.78 is 18.7. The van der Waals surface area contributed by atoms with Crippen LogP contribution in [0.3, 0.4) is 0 Å². The third-order valence-corrected chi connectivity index (χ3v) is 4.36. The number of ether oxygens (including phenoxy) is 1. The predicted octanol–water partition coefficient (Wildman–Crippen LogP) is 2.90. The van der Waals surface area contributed by atoms with Crippen molar-refractivity contribution in [2.24, 2.45) is 0 Å². The average Bonchev–Trinajstić information content (AvgIpc) is 2.57. The molecular formula is C18H28FN3O2. The van der Waals surface area contributed by atoms with Crippen LogP contribution in [0.2, 0.25) is 0 Å². The molecule has 6 heteroatoms. The largest absolute Gasteiger partial charge is 0.494 e. The molecule has 2 N–H and O–H groups in total. The zero-order valence-corrected chi connectivity index (χ0v) is 14.6. The molecule has 0 aromatic heterocycles. The quantitative estimate of drug-likeness (QED) is 0.752. The lowest BCUT2D eigenvalue weighted by atomic mass is 10.0. The molecule has 0 atom stereocenters. The number of carbonyl (C=O) groups excluding carboxylic acids is 1. The van der Waals surface area contributed by atoms with Crippen molar-refractivity contribution in [2.75, 3.05) is 26.7 Å². The minimum absolute atomic E-state index is 0.0703. The van der Waals surface area contributed by atoms with Crippen LogP contribution in [-0.4, -0.2) is 43.7 Å². The average molecular weight is 337 g/mol. The first-order valence-corrected chi connectivity index (χ1v) is 8.71. The highest BCUT2D eigenvalue weighted by Crippen LogP contribution is 2.20. The first kappa shape index (κ1) is 18.5. The molecule has 0 radical (unpaired) electrons. The van der Waals surface area contributed by atoms with Crippen molar-refractivity contribution >= 4 is 6.03 Å². The summed E-state index contributed by atoms with van der Waals surface area (Å²) in [5.74, 6) is -0.0500. The second-order valence-corrected chi connectivity index (χ2v) is 6.27. The summed E-state index contributed by atoms with van der Waals surface area (Å²) in [4.78, 5) is 14.1. The van der Waals surface area contributed by atoms with E-state index in [-0.39, 0.29) is 23.6 Å². The molecule has 1 fully saturated rings. The van der Waals surface area contributed by atoms with Crippen molar-refractivity contribution < 1.29 is 13.9 Å². The molecule has 1 aliphatic rings. The fourth-order valence-corrected chi connectivity index (χ4v) is 2.92. The molecule has 0 saturated carbocycles. The normalized spacial score (nSPS) is 16.0. The first-order chi connectivity index (χ1) is 11.6. The Bertz CT molecular complexity index is 531. The second-order valence-electron chi connectivity index (χ2n) is 6.27. The van der Waals surface area contributed by atoms with E-state index in [0.29, 0.717) is 0 Å². The van der Waals surface area contributed by atoms with Crippen LogP contribution in [0.1, 0.15) is 38.2 Å². The number of hydrogen-bond acceptors (Lipinski definition) is 3. The van der Waals surface area contributed by atoms with Gasteiger partial charge in [0.05, 0.1) is 7.11 Å². The molecule has 1 aromatic rings. The number of nitrogens with one attached hydrogen (secondary N) is 2. The number of halogens is 1. The number of methoxy groups -OCH3 is 1. The number of likely N-dealkylation sites (tertiary alicyclic amines) is 1. The molecule has 0 spiro atoms. The maximum absolute atomic E-state index is 13.7. The number of amides is 2. The summed E-state index contributed by atoms with van der Waals surface area (Å²) in [5, 5.41) is 5.91. The predicted molar refractivity (Wildman–Crippen MR) is 92.7 cm³/mol. The van der Waals surface area contributed by atoms with Crippen LogP contribution >= 0.6 is 0 Å². The van der Waals surface area contributed by atoms with Crippen LogP contribution in [-0.2, 0) is 6.54 Å². The van der Waals surface area contributed by atoms with Gasteiger partial charge in [0.15, 0.2) is 11.6 Å². The van der Waals surface area contributed by atoms with Gasteiger partial charge in [0.25, 0.3) is 0 Å². The van der Waals surface area contributed by atoms with Gasteiger partial charge in [0.1, 0.15) is 0 Å². The van der Waals surface area contributed by atoms with E-state index in [4.69, 9.17) is 4.74 Å². The molecule has 1 heterocycles. The molecule has 5 nitrogen and oxygen atoms in total. The Morgan fingerprint density at radius 1 is 1.38 bits per heavy atom. The number of rotatable bonds is 7. The number of urea groups is 1. The lowest BCUT2D eigenvalue weighted by Gasteiger charge is -2.32. The summed E-state index contributed by atoms with van der Waals surface area (Å²) in [7, 11) is 1.47. The number of unbranched alkanes of at least 4 members (excludes halogenated alkanes) is 1. The van der Waals surface area contributed by atoms with Gasteiger partial charge in [-0.05, 0) is 37.0 Å². The fourth-order valence-electron chi connectivity index (χ4n) is 2.92. The van der Waals surface area contributed by atoms with Crippen LogP contribution in [0.4, 0.5) is 9.18 Å². The Hall–Kier alpha value is -1.82. The van der Waals surface area contributed by atoms with E-state index in [1.807, 2.05) is 6.07 Å². The minimum Gasteiger partial charge on any atom is -0.494 e. The third kappa shape index (κ3) is 5.67. The molecule has 24 heavy (non-hydrogen) atoms. The van der Waals surface area contributed by atoms with E-state index in [9.17, 15) is 9.18 Å². The number of hydrogen-bond donors (Lipinski definition) is 2. The summed E-state index contributed by atoms with van der Waals surface area (Å²) >= 11 is 0. The number of piperidine rings is 1. The first-order valence-electron chi connectivity index (χ1n) is 8.71. The monoisotopic (exact) mass is 337 g/mol. The van der Waals surface area contributed by atoms with E-state index >= 15 is 0 Å². The Kier molecular flexibility index (Phi) is 7.31. The van der Waals surface area contributed by atoms with Crippen molar-refractivity contribution in [1.29, 1.82) is 0 Å². The van der Waals surface area contributed by atoms with E-state index in [0.717, 1.165) is 57.4 Å². The molecule has 1 aromatic carbocycles. The Balaban J connectivity index is 1.72. The van der Waals surface area contributed by atoms with Gasteiger partial charge in [-0.15, -0.1) is 0 Å². The molecule has 0 unspecified atom stereocenters. The van der Waals surface area contributed by atoms with Crippen molar-refractivity contribution in [3.63, 3.8) is 0 Å². The zero-order chi connectivity index (χ0) is 17.4. The molecule has 0 bridgehead atoms. The van der Waals surface area contributed by atoms with Gasteiger partial charge in [0, 0.05) is 32.2 Å². The van der Waals surface area contributed by atoms with Crippen LogP contribution in [0, 0.1) is 5.82 Å². The number of benzene rings is 1. The zero-order valence-electron chi connectivity index (χ0n) is 14.6. The summed E-state index contributed by atoms with van der Waals surface area (Å²) in [6.45, 7) is 5.34. The van der Waals surface area contributed by atoms with E-state index < -0.39 is 0 Å².